The summed E-state index contributed by atoms with van der Waals surface area (Å²) < 4.78 is 0. The summed E-state index contributed by atoms with van der Waals surface area (Å²) in [5, 5.41) is 12.7. The molecule has 2 rings (SSSR count). The van der Waals surface area contributed by atoms with E-state index in [4.69, 9.17) is 0 Å². The molecule has 0 aromatic carbocycles. The van der Waals surface area contributed by atoms with Gasteiger partial charge in [-0.3, -0.25) is 0 Å². The molecule has 3 atom stereocenters. The Morgan fingerprint density at radius 3 is 2.89 bits per heavy atom. The number of hydrogen-bond donors (Lipinski definition) is 2. The highest BCUT2D eigenvalue weighted by atomic mass is 16.3. The minimum absolute atomic E-state index is 0.0440. The fourth-order valence-corrected chi connectivity index (χ4v) is 2.12. The first-order chi connectivity index (χ1) is 4.38. The van der Waals surface area contributed by atoms with E-state index in [0.717, 1.165) is 18.9 Å². The van der Waals surface area contributed by atoms with E-state index >= 15 is 0 Å². The molecule has 0 spiro atoms. The first-order valence-corrected chi connectivity index (χ1v) is 3.79. The largest absolute Gasteiger partial charge is 0.391 e. The van der Waals surface area contributed by atoms with E-state index in [9.17, 15) is 5.11 Å². The van der Waals surface area contributed by atoms with Gasteiger partial charge in [-0.2, -0.15) is 0 Å². The highest BCUT2D eigenvalue weighted by molar-refractivity contribution is 4.94. The molecule has 0 bridgehead atoms. The summed E-state index contributed by atoms with van der Waals surface area (Å²) in [5.74, 6) is 0.792. The fourth-order valence-electron chi connectivity index (χ4n) is 2.12. The molecule has 0 aromatic rings. The molecule has 0 amide bonds. The summed E-state index contributed by atoms with van der Waals surface area (Å²) in [5.41, 5.74) is 0. The minimum atomic E-state index is -0.0440. The van der Waals surface area contributed by atoms with E-state index in [1.807, 2.05) is 0 Å². The van der Waals surface area contributed by atoms with Crippen molar-refractivity contribution in [1.82, 2.24) is 5.32 Å². The highest BCUT2D eigenvalue weighted by Gasteiger charge is 2.37. The predicted octanol–water partition coefficient (Wildman–Crippen LogP) is 0.119. The lowest BCUT2D eigenvalue weighted by molar-refractivity contribution is 0.151. The van der Waals surface area contributed by atoms with E-state index in [1.54, 1.807) is 0 Å². The maximum atomic E-state index is 9.34. The SMILES string of the molecule is O[C@H]1CC[C@H]2CCN[C@H]21. The van der Waals surface area contributed by atoms with Crippen molar-refractivity contribution < 1.29 is 5.11 Å². The summed E-state index contributed by atoms with van der Waals surface area (Å²) in [7, 11) is 0. The number of fused-ring (bicyclic) bond motifs is 1. The van der Waals surface area contributed by atoms with E-state index in [1.165, 1.54) is 12.8 Å². The van der Waals surface area contributed by atoms with Gasteiger partial charge in [0.05, 0.1) is 6.10 Å². The van der Waals surface area contributed by atoms with E-state index in [0.29, 0.717) is 6.04 Å². The second-order valence-corrected chi connectivity index (χ2v) is 3.17. The van der Waals surface area contributed by atoms with Crippen LogP contribution in [0.1, 0.15) is 19.3 Å². The first-order valence-electron chi connectivity index (χ1n) is 3.79. The Kier molecular flexibility index (Phi) is 1.24. The number of aliphatic hydroxyl groups excluding tert-OH is 1. The zero-order chi connectivity index (χ0) is 6.27. The quantitative estimate of drug-likeness (QED) is 0.484. The van der Waals surface area contributed by atoms with Crippen LogP contribution >= 0.6 is 0 Å². The number of rotatable bonds is 0. The molecule has 1 aliphatic carbocycles. The molecule has 0 radical (unpaired) electrons. The van der Waals surface area contributed by atoms with Crippen LogP contribution in [0.2, 0.25) is 0 Å². The van der Waals surface area contributed by atoms with E-state index in [2.05, 4.69) is 5.32 Å². The van der Waals surface area contributed by atoms with Gasteiger partial charge in [-0.15, -0.1) is 0 Å². The van der Waals surface area contributed by atoms with Gasteiger partial charge >= 0.3 is 0 Å². The summed E-state index contributed by atoms with van der Waals surface area (Å²) in [6.07, 6.45) is 3.49. The normalized spacial score (nSPS) is 49.7. The van der Waals surface area contributed by atoms with Crippen molar-refractivity contribution in [3.05, 3.63) is 0 Å². The minimum Gasteiger partial charge on any atom is -0.391 e. The van der Waals surface area contributed by atoms with Crippen LogP contribution in [-0.4, -0.2) is 23.8 Å². The first kappa shape index (κ1) is 5.69. The molecule has 1 saturated carbocycles. The molecule has 52 valence electrons. The van der Waals surface area contributed by atoms with Gasteiger partial charge in [0.25, 0.3) is 0 Å². The Hall–Kier alpha value is -0.0800. The van der Waals surface area contributed by atoms with Crippen molar-refractivity contribution in [3.8, 4) is 0 Å². The number of nitrogens with one attached hydrogen (secondary N) is 1. The van der Waals surface area contributed by atoms with Crippen molar-refractivity contribution in [2.75, 3.05) is 6.54 Å². The van der Waals surface area contributed by atoms with Crippen LogP contribution in [0.3, 0.4) is 0 Å². The van der Waals surface area contributed by atoms with Crippen LogP contribution in [0, 0.1) is 5.92 Å². The lowest BCUT2D eigenvalue weighted by Gasteiger charge is -2.11. The average Bonchev–Trinajstić information content (AvgIpc) is 2.35. The van der Waals surface area contributed by atoms with Crippen LogP contribution in [0.25, 0.3) is 0 Å². The maximum absolute atomic E-state index is 9.34. The molecular formula is C7H13NO. The van der Waals surface area contributed by atoms with Gasteiger partial charge in [0.2, 0.25) is 0 Å². The van der Waals surface area contributed by atoms with E-state index in [-0.39, 0.29) is 6.10 Å². The lowest BCUT2D eigenvalue weighted by Crippen LogP contribution is -2.33. The third-order valence-electron chi connectivity index (χ3n) is 2.65. The Balaban J connectivity index is 2.07. The second kappa shape index (κ2) is 1.96. The van der Waals surface area contributed by atoms with Gasteiger partial charge in [-0.1, -0.05) is 0 Å². The van der Waals surface area contributed by atoms with Crippen molar-refractivity contribution >= 4 is 0 Å². The maximum Gasteiger partial charge on any atom is 0.0696 e. The molecular weight excluding hydrogens is 114 g/mol. The monoisotopic (exact) mass is 127 g/mol. The fraction of sp³-hybridized carbons (Fsp3) is 1.00. The topological polar surface area (TPSA) is 32.3 Å². The molecule has 9 heavy (non-hydrogen) atoms. The Morgan fingerprint density at radius 1 is 1.22 bits per heavy atom. The highest BCUT2D eigenvalue weighted by Crippen LogP contribution is 2.31. The van der Waals surface area contributed by atoms with Gasteiger partial charge in [0.1, 0.15) is 0 Å². The molecule has 2 fully saturated rings. The molecule has 1 heterocycles. The van der Waals surface area contributed by atoms with Crippen molar-refractivity contribution in [2.45, 2.75) is 31.4 Å². The molecule has 2 aliphatic rings. The second-order valence-electron chi connectivity index (χ2n) is 3.17. The molecule has 1 saturated heterocycles. The predicted molar refractivity (Wildman–Crippen MR) is 35.1 cm³/mol. The average molecular weight is 127 g/mol. The smallest absolute Gasteiger partial charge is 0.0696 e. The molecule has 2 N–H and O–H groups in total. The standard InChI is InChI=1S/C7H13NO/c9-6-2-1-5-3-4-8-7(5)6/h5-9H,1-4H2/t5-,6-,7+/m0/s1. The summed E-state index contributed by atoms with van der Waals surface area (Å²) in [6.45, 7) is 1.12. The van der Waals surface area contributed by atoms with Gasteiger partial charge < -0.3 is 10.4 Å². The van der Waals surface area contributed by atoms with Crippen LogP contribution < -0.4 is 5.32 Å². The third-order valence-corrected chi connectivity index (χ3v) is 2.65. The van der Waals surface area contributed by atoms with Crippen LogP contribution in [-0.2, 0) is 0 Å². The van der Waals surface area contributed by atoms with Crippen LogP contribution in [0.15, 0.2) is 0 Å². The zero-order valence-electron chi connectivity index (χ0n) is 5.51. The molecule has 0 aromatic heterocycles. The van der Waals surface area contributed by atoms with Gasteiger partial charge in [0, 0.05) is 6.04 Å². The molecule has 1 aliphatic heterocycles. The zero-order valence-corrected chi connectivity index (χ0v) is 5.51. The Morgan fingerprint density at radius 2 is 2.11 bits per heavy atom. The summed E-state index contributed by atoms with van der Waals surface area (Å²) in [6, 6.07) is 0.449. The van der Waals surface area contributed by atoms with E-state index < -0.39 is 0 Å². The van der Waals surface area contributed by atoms with Gasteiger partial charge in [-0.25, -0.2) is 0 Å². The number of aliphatic hydroxyl groups is 1. The summed E-state index contributed by atoms with van der Waals surface area (Å²) in [4.78, 5) is 0. The molecule has 0 unspecified atom stereocenters. The van der Waals surface area contributed by atoms with Crippen LogP contribution in [0.4, 0.5) is 0 Å². The summed E-state index contributed by atoms with van der Waals surface area (Å²) >= 11 is 0. The van der Waals surface area contributed by atoms with Crippen molar-refractivity contribution in [3.63, 3.8) is 0 Å². The number of hydrogen-bond acceptors (Lipinski definition) is 2. The molecule has 2 nitrogen and oxygen atoms in total. The van der Waals surface area contributed by atoms with Gasteiger partial charge in [0.15, 0.2) is 0 Å². The lowest BCUT2D eigenvalue weighted by atomic mass is 10.0. The molecule has 2 heteroatoms. The van der Waals surface area contributed by atoms with Crippen LogP contribution in [0.5, 0.6) is 0 Å². The van der Waals surface area contributed by atoms with Crippen molar-refractivity contribution in [2.24, 2.45) is 5.92 Å². The van der Waals surface area contributed by atoms with Gasteiger partial charge in [-0.05, 0) is 31.7 Å². The Bertz CT molecular complexity index is 115. The Labute approximate surface area is 55.3 Å². The van der Waals surface area contributed by atoms with Crippen molar-refractivity contribution in [1.29, 1.82) is 0 Å². The third kappa shape index (κ3) is 0.775.